The van der Waals surface area contributed by atoms with E-state index < -0.39 is 11.5 Å². The van der Waals surface area contributed by atoms with Crippen LogP contribution < -0.4 is 10.2 Å². The fraction of sp³-hybridized carbons (Fsp3) is 0.143. The summed E-state index contributed by atoms with van der Waals surface area (Å²) in [4.78, 5) is 13.3. The maximum atomic E-state index is 13.3. The van der Waals surface area contributed by atoms with Crippen molar-refractivity contribution in [3.05, 3.63) is 160 Å². The van der Waals surface area contributed by atoms with Gasteiger partial charge in [-0.05, 0) is 53.8 Å². The Kier molecular flexibility index (Phi) is 8.04. The third-order valence-electron chi connectivity index (χ3n) is 7.27. The maximum absolute atomic E-state index is 13.3. The molecular formula is C35H32N2O3. The molecule has 0 heterocycles. The first-order valence-electron chi connectivity index (χ1n) is 13.3. The van der Waals surface area contributed by atoms with E-state index in [0.717, 1.165) is 28.0 Å². The molecule has 0 spiro atoms. The van der Waals surface area contributed by atoms with Crippen molar-refractivity contribution >= 4 is 12.1 Å². The first-order chi connectivity index (χ1) is 19.5. The van der Waals surface area contributed by atoms with Crippen LogP contribution in [0.15, 0.2) is 143 Å². The van der Waals surface area contributed by atoms with Crippen LogP contribution in [-0.2, 0) is 17.0 Å². The Bertz CT molecular complexity index is 1500. The molecule has 4 aromatic rings. The number of aliphatic hydroxyl groups is 1. The van der Waals surface area contributed by atoms with Gasteiger partial charge in [0.05, 0.1) is 6.21 Å². The maximum Gasteiger partial charge on any atom is 0.281 e. The molecule has 0 unspecified atom stereocenters. The number of ether oxygens (including phenoxy) is 1. The van der Waals surface area contributed by atoms with E-state index in [4.69, 9.17) is 4.74 Å². The number of amides is 1. The van der Waals surface area contributed by atoms with E-state index in [1.165, 1.54) is 5.57 Å². The lowest BCUT2D eigenvalue weighted by molar-refractivity contribution is -0.136. The molecule has 0 radical (unpaired) electrons. The Morgan fingerprint density at radius 1 is 0.850 bits per heavy atom. The Morgan fingerprint density at radius 2 is 1.40 bits per heavy atom. The summed E-state index contributed by atoms with van der Waals surface area (Å²) in [7, 11) is 0. The minimum absolute atomic E-state index is 0.117. The number of nitrogens with zero attached hydrogens (tertiary/aromatic N) is 1. The van der Waals surface area contributed by atoms with Gasteiger partial charge in [0.2, 0.25) is 0 Å². The highest BCUT2D eigenvalue weighted by Gasteiger charge is 2.39. The molecule has 1 aliphatic rings. The molecule has 0 bridgehead atoms. The Balaban J connectivity index is 1.29. The predicted molar refractivity (Wildman–Crippen MR) is 159 cm³/mol. The quantitative estimate of drug-likeness (QED) is 0.188. The molecular weight excluding hydrogens is 496 g/mol. The van der Waals surface area contributed by atoms with E-state index in [0.29, 0.717) is 17.7 Å². The lowest BCUT2D eigenvalue weighted by atomic mass is 9.85. The highest BCUT2D eigenvalue weighted by molar-refractivity contribution is 5.92. The lowest BCUT2D eigenvalue weighted by Gasteiger charge is -2.27. The second kappa shape index (κ2) is 12.0. The van der Waals surface area contributed by atoms with Crippen LogP contribution in [0.3, 0.4) is 0 Å². The average Bonchev–Trinajstić information content (AvgIpc) is 3.29. The van der Waals surface area contributed by atoms with Crippen molar-refractivity contribution in [2.75, 3.05) is 0 Å². The van der Waals surface area contributed by atoms with Crippen molar-refractivity contribution in [3.63, 3.8) is 0 Å². The third kappa shape index (κ3) is 5.65. The fourth-order valence-corrected chi connectivity index (χ4v) is 5.13. The first-order valence-corrected chi connectivity index (χ1v) is 13.3. The smallest absolute Gasteiger partial charge is 0.281 e. The van der Waals surface area contributed by atoms with E-state index in [1.807, 2.05) is 54.6 Å². The summed E-state index contributed by atoms with van der Waals surface area (Å²) in [6, 6.07) is 36.1. The number of allylic oxidation sites excluding steroid dienone is 4. The Labute approximate surface area is 235 Å². The van der Waals surface area contributed by atoms with Gasteiger partial charge in [-0.1, -0.05) is 120 Å². The van der Waals surface area contributed by atoms with Gasteiger partial charge in [-0.3, -0.25) is 4.79 Å². The number of hydrazone groups is 1. The zero-order valence-electron chi connectivity index (χ0n) is 22.6. The van der Waals surface area contributed by atoms with Crippen molar-refractivity contribution in [1.82, 2.24) is 5.43 Å². The van der Waals surface area contributed by atoms with Crippen LogP contribution in [0.1, 0.15) is 42.0 Å². The monoisotopic (exact) mass is 528 g/mol. The molecule has 0 saturated carbocycles. The molecule has 5 nitrogen and oxygen atoms in total. The number of carbonyl (C=O) groups is 1. The van der Waals surface area contributed by atoms with Crippen molar-refractivity contribution in [2.45, 2.75) is 32.0 Å². The van der Waals surface area contributed by atoms with Crippen molar-refractivity contribution in [3.8, 4) is 5.75 Å². The van der Waals surface area contributed by atoms with Crippen molar-refractivity contribution in [1.29, 1.82) is 0 Å². The number of hydrogen-bond acceptors (Lipinski definition) is 4. The van der Waals surface area contributed by atoms with Gasteiger partial charge in [-0.2, -0.15) is 5.10 Å². The highest BCUT2D eigenvalue weighted by Crippen LogP contribution is 2.39. The summed E-state index contributed by atoms with van der Waals surface area (Å²) in [6.45, 7) is 4.69. The van der Waals surface area contributed by atoms with E-state index in [9.17, 15) is 9.90 Å². The molecule has 0 saturated heterocycles. The zero-order valence-corrected chi connectivity index (χ0v) is 22.6. The molecule has 1 atom stereocenters. The molecule has 0 aromatic heterocycles. The Morgan fingerprint density at radius 3 is 1.98 bits per heavy atom. The topological polar surface area (TPSA) is 70.9 Å². The largest absolute Gasteiger partial charge is 0.489 e. The van der Waals surface area contributed by atoms with E-state index in [-0.39, 0.29) is 5.92 Å². The van der Waals surface area contributed by atoms with Crippen LogP contribution in [0.2, 0.25) is 0 Å². The summed E-state index contributed by atoms with van der Waals surface area (Å²) in [5.41, 5.74) is 7.17. The van der Waals surface area contributed by atoms with Gasteiger partial charge in [0.25, 0.3) is 5.91 Å². The molecule has 1 aliphatic carbocycles. The summed E-state index contributed by atoms with van der Waals surface area (Å²) < 4.78 is 5.94. The van der Waals surface area contributed by atoms with E-state index >= 15 is 0 Å². The minimum atomic E-state index is -1.88. The van der Waals surface area contributed by atoms with Crippen LogP contribution in [0, 0.1) is 0 Å². The number of benzene rings is 4. The second-order valence-corrected chi connectivity index (χ2v) is 9.94. The van der Waals surface area contributed by atoms with Crippen LogP contribution >= 0.6 is 0 Å². The van der Waals surface area contributed by atoms with E-state index in [1.54, 1.807) is 54.7 Å². The van der Waals surface area contributed by atoms with E-state index in [2.05, 4.69) is 42.6 Å². The summed E-state index contributed by atoms with van der Waals surface area (Å²) >= 11 is 0. The summed E-state index contributed by atoms with van der Waals surface area (Å²) in [6.07, 6.45) is 3.72. The summed E-state index contributed by atoms with van der Waals surface area (Å²) in [5, 5.41) is 15.8. The molecule has 0 fully saturated rings. The lowest BCUT2D eigenvalue weighted by Crippen LogP contribution is -2.43. The van der Waals surface area contributed by atoms with Gasteiger partial charge in [0.1, 0.15) is 12.4 Å². The minimum Gasteiger partial charge on any atom is -0.489 e. The number of carbonyl (C=O) groups excluding carboxylic acids is 1. The number of rotatable bonds is 9. The first kappa shape index (κ1) is 26.9. The zero-order chi connectivity index (χ0) is 28.0. The molecule has 40 heavy (non-hydrogen) atoms. The van der Waals surface area contributed by atoms with Gasteiger partial charge in [-0.15, -0.1) is 0 Å². The molecule has 4 aromatic carbocycles. The molecule has 0 aliphatic heterocycles. The molecule has 2 N–H and O–H groups in total. The SMILES string of the molecule is CC1=CC(/C=N/NC(=O)C(O)(c2ccccc2)c2ccccc2)=C(C)[C@@H]1c1ccc(OCc2ccccc2)cc1. The Hall–Kier alpha value is -4.74. The summed E-state index contributed by atoms with van der Waals surface area (Å²) in [5.74, 6) is 0.314. The van der Waals surface area contributed by atoms with Crippen LogP contribution in [0.4, 0.5) is 0 Å². The van der Waals surface area contributed by atoms with Gasteiger partial charge < -0.3 is 9.84 Å². The molecule has 5 heteroatoms. The van der Waals surface area contributed by atoms with Gasteiger partial charge in [0.15, 0.2) is 5.60 Å². The predicted octanol–water partition coefficient (Wildman–Crippen LogP) is 6.66. The number of hydrogen-bond donors (Lipinski definition) is 2. The standard InChI is InChI=1S/C35H32N2O3/c1-25-22-29(26(2)33(25)28-18-20-32(21-19-28)40-24-27-12-6-3-7-13-27)23-36-37-34(38)35(39,30-14-8-4-9-15-30)31-16-10-5-11-17-31/h3-23,33,39H,24H2,1-2H3,(H,37,38)/b36-23+/t33-/m1/s1. The van der Waals surface area contributed by atoms with Crippen LogP contribution in [0.25, 0.3) is 0 Å². The van der Waals surface area contributed by atoms with Crippen molar-refractivity contribution in [2.24, 2.45) is 5.10 Å². The molecule has 5 rings (SSSR count). The third-order valence-corrected chi connectivity index (χ3v) is 7.27. The average molecular weight is 529 g/mol. The van der Waals surface area contributed by atoms with Crippen molar-refractivity contribution < 1.29 is 14.6 Å². The van der Waals surface area contributed by atoms with Gasteiger partial charge in [-0.25, -0.2) is 5.43 Å². The molecule has 1 amide bonds. The fourth-order valence-electron chi connectivity index (χ4n) is 5.13. The second-order valence-electron chi connectivity index (χ2n) is 9.94. The van der Waals surface area contributed by atoms with Gasteiger partial charge >= 0.3 is 0 Å². The normalized spacial score (nSPS) is 15.3. The number of nitrogens with one attached hydrogen (secondary N) is 1. The highest BCUT2D eigenvalue weighted by atomic mass is 16.5. The van der Waals surface area contributed by atoms with Crippen LogP contribution in [0.5, 0.6) is 5.75 Å². The van der Waals surface area contributed by atoms with Gasteiger partial charge in [0, 0.05) is 5.92 Å². The van der Waals surface area contributed by atoms with Crippen LogP contribution in [-0.4, -0.2) is 17.2 Å². The molecule has 200 valence electrons.